The molecule has 1 atom stereocenters. The summed E-state index contributed by atoms with van der Waals surface area (Å²) in [5.74, 6) is -2.24. The van der Waals surface area contributed by atoms with E-state index in [4.69, 9.17) is 4.74 Å². The fourth-order valence-corrected chi connectivity index (χ4v) is 0.969. The van der Waals surface area contributed by atoms with Crippen LogP contribution in [0.15, 0.2) is 0 Å². The van der Waals surface area contributed by atoms with E-state index in [9.17, 15) is 14.4 Å². The van der Waals surface area contributed by atoms with Crippen molar-refractivity contribution in [2.45, 2.75) is 40.5 Å². The molecule has 0 aliphatic rings. The van der Waals surface area contributed by atoms with Gasteiger partial charge < -0.3 is 9.47 Å². The summed E-state index contributed by atoms with van der Waals surface area (Å²) in [7, 11) is 0. The van der Waals surface area contributed by atoms with Gasteiger partial charge in [-0.15, -0.1) is 0 Å². The summed E-state index contributed by atoms with van der Waals surface area (Å²) >= 11 is 0. The highest BCUT2D eigenvalue weighted by Crippen LogP contribution is 2.25. The molecule has 0 spiro atoms. The number of ether oxygens (including phenoxy) is 2. The molecule has 0 bridgehead atoms. The van der Waals surface area contributed by atoms with Crippen molar-refractivity contribution in [3.05, 3.63) is 0 Å². The summed E-state index contributed by atoms with van der Waals surface area (Å²) in [5, 5.41) is 0. The second-order valence-electron chi connectivity index (χ2n) is 3.70. The Hall–Kier alpha value is -1.39. The van der Waals surface area contributed by atoms with Gasteiger partial charge in [0.05, 0.1) is 6.61 Å². The van der Waals surface area contributed by atoms with Crippen LogP contribution in [0.3, 0.4) is 0 Å². The Balaban J connectivity index is 4.68. The molecule has 0 unspecified atom stereocenters. The molecule has 16 heavy (non-hydrogen) atoms. The highest BCUT2D eigenvalue weighted by atomic mass is 16.6. The smallest absolute Gasteiger partial charge is 0.330 e. The third-order valence-corrected chi connectivity index (χ3v) is 2.28. The lowest BCUT2D eigenvalue weighted by atomic mass is 9.88. The van der Waals surface area contributed by atoms with E-state index in [1.54, 1.807) is 6.92 Å². The predicted molar refractivity (Wildman–Crippen MR) is 56.4 cm³/mol. The number of rotatable bonds is 5. The van der Waals surface area contributed by atoms with Crippen LogP contribution in [0.5, 0.6) is 0 Å². The Morgan fingerprint density at radius 1 is 1.12 bits per heavy atom. The van der Waals surface area contributed by atoms with Crippen LogP contribution in [0.25, 0.3) is 0 Å². The summed E-state index contributed by atoms with van der Waals surface area (Å²) in [6.07, 6.45) is 0.898. The van der Waals surface area contributed by atoms with Crippen molar-refractivity contribution in [3.8, 4) is 0 Å². The zero-order chi connectivity index (χ0) is 12.8. The molecule has 0 aromatic rings. The van der Waals surface area contributed by atoms with Gasteiger partial charge in [0.2, 0.25) is 0 Å². The number of esters is 3. The van der Waals surface area contributed by atoms with Gasteiger partial charge >= 0.3 is 17.9 Å². The molecule has 5 nitrogen and oxygen atoms in total. The first kappa shape index (κ1) is 14.6. The molecule has 0 N–H and O–H groups in total. The first-order chi connectivity index (χ1) is 7.38. The quantitative estimate of drug-likeness (QED) is 0.528. The molecular weight excluding hydrogens is 212 g/mol. The second-order valence-corrected chi connectivity index (χ2v) is 3.70. The van der Waals surface area contributed by atoms with Gasteiger partial charge in [-0.05, 0) is 19.8 Å². The summed E-state index contributed by atoms with van der Waals surface area (Å²) in [5.41, 5.74) is -1.40. The molecule has 0 saturated carbocycles. The number of hydrogen-bond donors (Lipinski definition) is 0. The zero-order valence-electron chi connectivity index (χ0n) is 10.2. The van der Waals surface area contributed by atoms with Gasteiger partial charge in [0.25, 0.3) is 0 Å². The van der Waals surface area contributed by atoms with Crippen LogP contribution in [0.2, 0.25) is 0 Å². The van der Waals surface area contributed by atoms with Gasteiger partial charge in [-0.3, -0.25) is 14.4 Å². The molecule has 0 aliphatic heterocycles. The molecule has 0 fully saturated rings. The highest BCUT2D eigenvalue weighted by Gasteiger charge is 2.43. The first-order valence-corrected chi connectivity index (χ1v) is 5.28. The van der Waals surface area contributed by atoms with Crippen LogP contribution in [0.4, 0.5) is 0 Å². The fourth-order valence-electron chi connectivity index (χ4n) is 0.969. The molecule has 92 valence electrons. The first-order valence-electron chi connectivity index (χ1n) is 5.28. The number of carbonyl (C=O) groups is 3. The third kappa shape index (κ3) is 3.64. The molecule has 0 rings (SSSR count). The van der Waals surface area contributed by atoms with E-state index < -0.39 is 23.3 Å². The largest absolute Gasteiger partial charge is 0.465 e. The van der Waals surface area contributed by atoms with Crippen LogP contribution in [0, 0.1) is 5.41 Å². The number of carbonyl (C=O) groups excluding carboxylic acids is 3. The number of hydrogen-bond acceptors (Lipinski definition) is 5. The SMILES string of the molecule is CCCOC(=O)[C@@](C)(CC)C(=O)OC(C)=O. The van der Waals surface area contributed by atoms with Crippen molar-refractivity contribution >= 4 is 17.9 Å². The van der Waals surface area contributed by atoms with Crippen LogP contribution in [-0.2, 0) is 23.9 Å². The summed E-state index contributed by atoms with van der Waals surface area (Å²) in [4.78, 5) is 33.9. The maximum atomic E-state index is 11.6. The molecule has 5 heteroatoms. The van der Waals surface area contributed by atoms with Crippen molar-refractivity contribution in [1.82, 2.24) is 0 Å². The Labute approximate surface area is 95.1 Å². The third-order valence-electron chi connectivity index (χ3n) is 2.28. The predicted octanol–water partition coefficient (Wildman–Crippen LogP) is 1.45. The summed E-state index contributed by atoms with van der Waals surface area (Å²) in [6, 6.07) is 0. The Kier molecular flexibility index (Phi) is 5.71. The molecule has 0 aliphatic carbocycles. The van der Waals surface area contributed by atoms with Crippen molar-refractivity contribution in [1.29, 1.82) is 0 Å². The molecule has 0 saturated heterocycles. The maximum Gasteiger partial charge on any atom is 0.330 e. The Morgan fingerprint density at radius 2 is 1.69 bits per heavy atom. The Bertz CT molecular complexity index is 284. The Morgan fingerprint density at radius 3 is 2.06 bits per heavy atom. The summed E-state index contributed by atoms with van der Waals surface area (Å²) < 4.78 is 9.33. The van der Waals surface area contributed by atoms with Crippen LogP contribution in [-0.4, -0.2) is 24.5 Å². The van der Waals surface area contributed by atoms with Gasteiger partial charge in [0, 0.05) is 6.92 Å². The van der Waals surface area contributed by atoms with Crippen molar-refractivity contribution < 1.29 is 23.9 Å². The van der Waals surface area contributed by atoms with Crippen molar-refractivity contribution in [3.63, 3.8) is 0 Å². The van der Waals surface area contributed by atoms with E-state index in [2.05, 4.69) is 4.74 Å². The van der Waals surface area contributed by atoms with E-state index in [0.29, 0.717) is 6.42 Å². The molecule has 0 aromatic carbocycles. The standard InChI is InChI=1S/C11H18O5/c1-5-7-15-9(13)11(4,6-2)10(14)16-8(3)12/h5-7H2,1-4H3/t11-/m1/s1. The minimum atomic E-state index is -1.40. The topological polar surface area (TPSA) is 69.7 Å². The zero-order valence-corrected chi connectivity index (χ0v) is 10.2. The van der Waals surface area contributed by atoms with E-state index in [1.165, 1.54) is 6.92 Å². The van der Waals surface area contributed by atoms with Crippen LogP contribution < -0.4 is 0 Å². The highest BCUT2D eigenvalue weighted by molar-refractivity contribution is 6.02. The molecule has 0 radical (unpaired) electrons. The van der Waals surface area contributed by atoms with E-state index in [0.717, 1.165) is 6.92 Å². The van der Waals surface area contributed by atoms with E-state index >= 15 is 0 Å². The van der Waals surface area contributed by atoms with Crippen LogP contribution >= 0.6 is 0 Å². The fraction of sp³-hybridized carbons (Fsp3) is 0.727. The minimum Gasteiger partial charge on any atom is -0.465 e. The van der Waals surface area contributed by atoms with E-state index in [1.807, 2.05) is 6.92 Å². The minimum absolute atomic E-state index is 0.224. The lowest BCUT2D eigenvalue weighted by Crippen LogP contribution is -2.39. The van der Waals surface area contributed by atoms with Crippen molar-refractivity contribution in [2.75, 3.05) is 6.61 Å². The van der Waals surface area contributed by atoms with Gasteiger partial charge in [-0.1, -0.05) is 13.8 Å². The van der Waals surface area contributed by atoms with Gasteiger partial charge in [0.1, 0.15) is 0 Å². The van der Waals surface area contributed by atoms with Crippen molar-refractivity contribution in [2.24, 2.45) is 5.41 Å². The second kappa shape index (κ2) is 6.25. The van der Waals surface area contributed by atoms with Gasteiger partial charge in [-0.2, -0.15) is 0 Å². The maximum absolute atomic E-state index is 11.6. The monoisotopic (exact) mass is 230 g/mol. The molecule has 0 aromatic heterocycles. The average Bonchev–Trinajstić information content (AvgIpc) is 2.23. The molecule has 0 heterocycles. The lowest BCUT2D eigenvalue weighted by Gasteiger charge is -2.22. The normalized spacial score (nSPS) is 13.8. The summed E-state index contributed by atoms with van der Waals surface area (Å²) in [6.45, 7) is 6.29. The van der Waals surface area contributed by atoms with E-state index in [-0.39, 0.29) is 13.0 Å². The average molecular weight is 230 g/mol. The van der Waals surface area contributed by atoms with Gasteiger partial charge in [-0.25, -0.2) is 0 Å². The van der Waals surface area contributed by atoms with Crippen LogP contribution in [0.1, 0.15) is 40.5 Å². The lowest BCUT2D eigenvalue weighted by molar-refractivity contribution is -0.175. The molecular formula is C11H18O5. The van der Waals surface area contributed by atoms with Gasteiger partial charge in [0.15, 0.2) is 5.41 Å². The molecule has 0 amide bonds.